The molecule has 0 aliphatic heterocycles. The number of esters is 1. The first-order valence-electron chi connectivity index (χ1n) is 33.6. The number of carbonyl (C=O) groups is 2. The number of nitrogens with one attached hydrogen (secondary N) is 1. The zero-order chi connectivity index (χ0) is 59.3. The molecule has 10 heteroatoms. The monoisotopic (exact) mass is 1150 g/mol. The normalized spacial score (nSPS) is 14.2. The first kappa shape index (κ1) is 77.9. The smallest absolute Gasteiger partial charge is 0.456 e. The quantitative estimate of drug-likeness (QED) is 0.0205. The molecule has 0 fully saturated rings. The highest BCUT2D eigenvalue weighted by Crippen LogP contribution is 2.43. The van der Waals surface area contributed by atoms with Crippen molar-refractivity contribution in [1.82, 2.24) is 5.32 Å². The molecule has 0 saturated heterocycles. The standard InChI is InChI=1S/C71H127N2O7P/c1-7-10-13-16-19-22-25-28-30-32-34-35-36-37-39-41-43-46-49-52-55-58-61-64-71(75)80-69(62-59-56-53-50-47-44-27-24-21-18-15-12-9-3)68(67-79-81(76,77)78-66-65-73(4,5)6)72-70(74)63-60-57-54-51-48-45-42-40-38-33-31-29-26-23-20-17-14-11-8-2/h19-20,22-23,28-31,34-35,37-40,59,62,68-69H,7-18,21,24-27,32-33,36,41-58,60-61,63-67H2,1-6H3,(H-,72,74,76,77)/p+1/b22-19-,23-20-,30-28-,31-29-,35-34-,39-37-,40-38-,62-59+. The fourth-order valence-electron chi connectivity index (χ4n) is 9.28. The number of hydrogen-bond acceptors (Lipinski definition) is 6. The summed E-state index contributed by atoms with van der Waals surface area (Å²) in [5, 5.41) is 3.06. The van der Waals surface area contributed by atoms with Crippen molar-refractivity contribution in [2.75, 3.05) is 40.9 Å². The van der Waals surface area contributed by atoms with Crippen molar-refractivity contribution >= 4 is 19.7 Å². The van der Waals surface area contributed by atoms with Gasteiger partial charge in [-0.15, -0.1) is 0 Å². The van der Waals surface area contributed by atoms with E-state index in [2.05, 4.69) is 111 Å². The van der Waals surface area contributed by atoms with Gasteiger partial charge in [0.15, 0.2) is 0 Å². The molecule has 0 aromatic carbocycles. The summed E-state index contributed by atoms with van der Waals surface area (Å²) in [6, 6.07) is -0.866. The molecule has 1 amide bonds. The lowest BCUT2D eigenvalue weighted by Crippen LogP contribution is -2.47. The summed E-state index contributed by atoms with van der Waals surface area (Å²) in [5.41, 5.74) is 0. The largest absolute Gasteiger partial charge is 0.472 e. The summed E-state index contributed by atoms with van der Waals surface area (Å²) in [5.74, 6) is -0.531. The van der Waals surface area contributed by atoms with Crippen LogP contribution in [0.2, 0.25) is 0 Å². The number of likely N-dealkylation sites (N-methyl/N-ethyl adjacent to an activating group) is 1. The Hall–Kier alpha value is -3.07. The van der Waals surface area contributed by atoms with Crippen LogP contribution in [0.3, 0.4) is 0 Å². The molecular weight excluding hydrogens is 1020 g/mol. The van der Waals surface area contributed by atoms with Gasteiger partial charge in [-0.25, -0.2) is 4.57 Å². The number of carbonyl (C=O) groups excluding carboxylic acids is 2. The van der Waals surface area contributed by atoms with Crippen molar-refractivity contribution in [1.29, 1.82) is 0 Å². The average Bonchev–Trinajstić information content (AvgIpc) is 3.44. The summed E-state index contributed by atoms with van der Waals surface area (Å²) in [6.45, 7) is 6.95. The molecule has 0 rings (SSSR count). The predicted molar refractivity (Wildman–Crippen MR) is 350 cm³/mol. The number of phosphoric ester groups is 1. The number of unbranched alkanes of at least 4 members (excludes halogenated alkanes) is 30. The molecule has 0 aliphatic rings. The van der Waals surface area contributed by atoms with Gasteiger partial charge in [0.05, 0.1) is 33.8 Å². The Kier molecular flexibility index (Phi) is 57.8. The van der Waals surface area contributed by atoms with Crippen LogP contribution < -0.4 is 5.32 Å². The fraction of sp³-hybridized carbons (Fsp3) is 0.746. The lowest BCUT2D eigenvalue weighted by atomic mass is 10.0. The van der Waals surface area contributed by atoms with Gasteiger partial charge in [0.1, 0.15) is 19.3 Å². The molecule has 468 valence electrons. The molecule has 0 bridgehead atoms. The second-order valence-corrected chi connectivity index (χ2v) is 25.1. The van der Waals surface area contributed by atoms with Gasteiger partial charge in [0.2, 0.25) is 5.91 Å². The molecule has 0 aromatic heterocycles. The maximum Gasteiger partial charge on any atom is 0.472 e. The number of phosphoric acid groups is 1. The van der Waals surface area contributed by atoms with Crippen molar-refractivity contribution in [2.45, 2.75) is 303 Å². The van der Waals surface area contributed by atoms with E-state index in [-0.39, 0.29) is 31.5 Å². The highest BCUT2D eigenvalue weighted by atomic mass is 31.2. The molecule has 0 heterocycles. The number of rotatable bonds is 60. The highest BCUT2D eigenvalue weighted by Gasteiger charge is 2.30. The molecule has 0 aromatic rings. The van der Waals surface area contributed by atoms with Crippen LogP contribution in [0.1, 0.15) is 290 Å². The Morgan fingerprint density at radius 2 is 0.753 bits per heavy atom. The van der Waals surface area contributed by atoms with E-state index in [9.17, 15) is 19.0 Å². The van der Waals surface area contributed by atoms with Gasteiger partial charge in [-0.3, -0.25) is 18.6 Å². The summed E-state index contributed by atoms with van der Waals surface area (Å²) in [6.07, 6.45) is 81.1. The van der Waals surface area contributed by atoms with E-state index in [4.69, 9.17) is 13.8 Å². The number of ether oxygens (including phenoxy) is 1. The van der Waals surface area contributed by atoms with Crippen LogP contribution in [0.5, 0.6) is 0 Å². The van der Waals surface area contributed by atoms with Crippen LogP contribution in [0.25, 0.3) is 0 Å². The first-order valence-corrected chi connectivity index (χ1v) is 35.1. The van der Waals surface area contributed by atoms with Crippen molar-refractivity contribution in [2.24, 2.45) is 0 Å². The summed E-state index contributed by atoms with van der Waals surface area (Å²) >= 11 is 0. The first-order chi connectivity index (χ1) is 39.4. The van der Waals surface area contributed by atoms with Gasteiger partial charge < -0.3 is 19.4 Å². The predicted octanol–water partition coefficient (Wildman–Crippen LogP) is 21.1. The topological polar surface area (TPSA) is 111 Å². The Balaban J connectivity index is 5.26. The molecule has 0 radical (unpaired) electrons. The minimum absolute atomic E-state index is 0.0313. The summed E-state index contributed by atoms with van der Waals surface area (Å²) in [7, 11) is 1.47. The zero-order valence-corrected chi connectivity index (χ0v) is 54.4. The Morgan fingerprint density at radius 1 is 0.432 bits per heavy atom. The minimum atomic E-state index is -4.46. The van der Waals surface area contributed by atoms with E-state index < -0.39 is 20.0 Å². The summed E-state index contributed by atoms with van der Waals surface area (Å²) < 4.78 is 30.8. The van der Waals surface area contributed by atoms with Gasteiger partial charge in [0.25, 0.3) is 0 Å². The third-order valence-corrected chi connectivity index (χ3v) is 15.5. The molecule has 3 unspecified atom stereocenters. The maximum absolute atomic E-state index is 13.6. The minimum Gasteiger partial charge on any atom is -0.456 e. The van der Waals surface area contributed by atoms with Crippen molar-refractivity contribution in [3.8, 4) is 0 Å². The molecule has 0 saturated carbocycles. The Labute approximate surface area is 500 Å². The van der Waals surface area contributed by atoms with Gasteiger partial charge in [-0.1, -0.05) is 260 Å². The van der Waals surface area contributed by atoms with Crippen LogP contribution in [0, 0.1) is 0 Å². The number of nitrogens with zero attached hydrogens (tertiary/aromatic N) is 1. The van der Waals surface area contributed by atoms with E-state index >= 15 is 0 Å². The van der Waals surface area contributed by atoms with Crippen molar-refractivity contribution < 1.29 is 37.3 Å². The number of amides is 1. The third-order valence-electron chi connectivity index (χ3n) is 14.5. The molecule has 81 heavy (non-hydrogen) atoms. The molecule has 0 spiro atoms. The van der Waals surface area contributed by atoms with Gasteiger partial charge >= 0.3 is 13.8 Å². The molecule has 2 N–H and O–H groups in total. The molecule has 3 atom stereocenters. The molecule has 9 nitrogen and oxygen atoms in total. The van der Waals surface area contributed by atoms with Crippen LogP contribution in [-0.4, -0.2) is 74.3 Å². The van der Waals surface area contributed by atoms with Crippen molar-refractivity contribution in [3.63, 3.8) is 0 Å². The lowest BCUT2D eigenvalue weighted by molar-refractivity contribution is -0.870. The van der Waals surface area contributed by atoms with E-state index in [1.165, 1.54) is 135 Å². The number of quaternary nitrogens is 1. The SMILES string of the molecule is CCCCC/C=C\C/C=C\C/C=C\C/C=C\CCCCCCCCCC(=O)OC(/C=C/CCCCCCCCCCCCC)C(COP(=O)(O)OCC[N+](C)(C)C)NC(=O)CCCCCCCC/C=C\C/C=C\C/C=C\CCCCC. The zero-order valence-electron chi connectivity index (χ0n) is 53.5. The van der Waals surface area contributed by atoms with Gasteiger partial charge in [-0.2, -0.15) is 0 Å². The Morgan fingerprint density at radius 3 is 1.15 bits per heavy atom. The molecule has 0 aliphatic carbocycles. The average molecular weight is 1150 g/mol. The highest BCUT2D eigenvalue weighted by molar-refractivity contribution is 7.47. The second-order valence-electron chi connectivity index (χ2n) is 23.6. The van der Waals surface area contributed by atoms with Crippen LogP contribution in [-0.2, 0) is 27.9 Å². The number of hydrogen-bond donors (Lipinski definition) is 2. The van der Waals surface area contributed by atoms with Crippen molar-refractivity contribution in [3.05, 3.63) is 97.2 Å². The second kappa shape index (κ2) is 60.1. The van der Waals surface area contributed by atoms with Crippen LogP contribution in [0.15, 0.2) is 97.2 Å². The van der Waals surface area contributed by atoms with Crippen LogP contribution in [0.4, 0.5) is 0 Å². The Bertz CT molecular complexity index is 1710. The van der Waals surface area contributed by atoms with E-state index in [0.717, 1.165) is 122 Å². The fourth-order valence-corrected chi connectivity index (χ4v) is 10.0. The number of allylic oxidation sites excluding steroid dienone is 15. The maximum atomic E-state index is 13.6. The van der Waals surface area contributed by atoms with Gasteiger partial charge in [0, 0.05) is 12.8 Å². The van der Waals surface area contributed by atoms with E-state index in [1.54, 1.807) is 0 Å². The van der Waals surface area contributed by atoms with Gasteiger partial charge in [-0.05, 0) is 115 Å². The molecular formula is C71H128N2O7P+. The lowest BCUT2D eigenvalue weighted by Gasteiger charge is -2.27. The summed E-state index contributed by atoms with van der Waals surface area (Å²) in [4.78, 5) is 37.8. The van der Waals surface area contributed by atoms with Crippen LogP contribution >= 0.6 is 7.82 Å². The van der Waals surface area contributed by atoms with E-state index in [1.807, 2.05) is 33.3 Å². The third kappa shape index (κ3) is 61.3. The van der Waals surface area contributed by atoms with E-state index in [0.29, 0.717) is 17.4 Å².